The smallest absolute Gasteiger partial charge is 0.222 e. The Labute approximate surface area is 164 Å². The molecular formula is C21H26N6O. The van der Waals surface area contributed by atoms with Gasteiger partial charge in [0.2, 0.25) is 5.91 Å². The van der Waals surface area contributed by atoms with Crippen LogP contribution >= 0.6 is 0 Å². The van der Waals surface area contributed by atoms with Crippen molar-refractivity contribution in [1.82, 2.24) is 30.1 Å². The van der Waals surface area contributed by atoms with Crippen molar-refractivity contribution in [3.63, 3.8) is 0 Å². The minimum atomic E-state index is -0.0143. The number of carbonyl (C=O) groups is 1. The lowest BCUT2D eigenvalue weighted by Crippen LogP contribution is -2.37. The molecule has 146 valence electrons. The highest BCUT2D eigenvalue weighted by atomic mass is 16.2. The molecule has 0 atom stereocenters. The summed E-state index contributed by atoms with van der Waals surface area (Å²) in [7, 11) is 0. The summed E-state index contributed by atoms with van der Waals surface area (Å²) in [5, 5.41) is 15.1. The van der Waals surface area contributed by atoms with Crippen molar-refractivity contribution in [3.8, 4) is 5.69 Å². The Morgan fingerprint density at radius 3 is 2.79 bits per heavy atom. The van der Waals surface area contributed by atoms with Crippen LogP contribution in [0.5, 0.6) is 0 Å². The fourth-order valence-electron chi connectivity index (χ4n) is 3.91. The molecule has 2 aromatic heterocycles. The van der Waals surface area contributed by atoms with Crippen LogP contribution < -0.4 is 0 Å². The molecular weight excluding hydrogens is 352 g/mol. The number of nitrogens with zero attached hydrogens (tertiary/aromatic N) is 5. The number of hydrogen-bond donors (Lipinski definition) is 1. The summed E-state index contributed by atoms with van der Waals surface area (Å²) in [6.45, 7) is 5.81. The molecule has 1 N–H and O–H groups in total. The molecule has 0 bridgehead atoms. The molecule has 7 nitrogen and oxygen atoms in total. The topological polar surface area (TPSA) is 79.7 Å². The molecule has 1 amide bonds. The van der Waals surface area contributed by atoms with E-state index < -0.39 is 0 Å². The average Bonchev–Trinajstić information content (AvgIpc) is 3.29. The quantitative estimate of drug-likeness (QED) is 0.740. The Hall–Kier alpha value is -2.96. The first-order valence-electron chi connectivity index (χ1n) is 9.75. The maximum atomic E-state index is 12.9. The second kappa shape index (κ2) is 7.58. The maximum Gasteiger partial charge on any atom is 0.222 e. The van der Waals surface area contributed by atoms with Gasteiger partial charge in [-0.05, 0) is 36.8 Å². The van der Waals surface area contributed by atoms with Crippen molar-refractivity contribution >= 4 is 5.91 Å². The Morgan fingerprint density at radius 1 is 1.21 bits per heavy atom. The third kappa shape index (κ3) is 3.98. The predicted molar refractivity (Wildman–Crippen MR) is 106 cm³/mol. The Bertz CT molecular complexity index is 929. The minimum absolute atomic E-state index is 0.0143. The van der Waals surface area contributed by atoms with Crippen LogP contribution in [-0.4, -0.2) is 42.5 Å². The number of fused-ring (bicyclic) bond motifs is 1. The van der Waals surface area contributed by atoms with Crippen molar-refractivity contribution in [2.24, 2.45) is 5.41 Å². The number of aromatic nitrogens is 5. The number of hydrogen-bond acceptors (Lipinski definition) is 4. The molecule has 7 heteroatoms. The molecule has 3 aromatic rings. The first-order valence-corrected chi connectivity index (χ1v) is 9.75. The normalized spacial score (nSPS) is 15.9. The number of rotatable bonds is 5. The lowest BCUT2D eigenvalue weighted by molar-refractivity contribution is -0.133. The molecule has 0 saturated heterocycles. The summed E-state index contributed by atoms with van der Waals surface area (Å²) in [5.74, 6) is 0.192. The molecule has 4 rings (SSSR count). The summed E-state index contributed by atoms with van der Waals surface area (Å²) in [4.78, 5) is 14.9. The lowest BCUT2D eigenvalue weighted by Gasteiger charge is -2.30. The number of para-hydroxylation sites is 1. The highest BCUT2D eigenvalue weighted by molar-refractivity contribution is 5.76. The Balaban J connectivity index is 1.50. The average molecular weight is 378 g/mol. The summed E-state index contributed by atoms with van der Waals surface area (Å²) in [6.07, 6.45) is 6.57. The Morgan fingerprint density at radius 2 is 2.04 bits per heavy atom. The lowest BCUT2D eigenvalue weighted by atomic mass is 9.87. The summed E-state index contributed by atoms with van der Waals surface area (Å²) < 4.78 is 2.02. The zero-order valence-electron chi connectivity index (χ0n) is 16.4. The predicted octanol–water partition coefficient (Wildman–Crippen LogP) is 2.92. The van der Waals surface area contributed by atoms with E-state index in [9.17, 15) is 4.79 Å². The SMILES string of the molecule is CC1(C)Cc2c(cnn2-c2ccccc2)CN(C(=O)CCCc2cn[nH]n2)C1. The van der Waals surface area contributed by atoms with Crippen LogP contribution in [-0.2, 0) is 24.2 Å². The number of aryl methyl sites for hydroxylation is 1. The van der Waals surface area contributed by atoms with Gasteiger partial charge in [-0.2, -0.15) is 20.5 Å². The Kier molecular flexibility index (Phi) is 4.98. The van der Waals surface area contributed by atoms with Gasteiger partial charge < -0.3 is 4.90 Å². The zero-order chi connectivity index (χ0) is 19.6. The second-order valence-electron chi connectivity index (χ2n) is 8.27. The van der Waals surface area contributed by atoms with Crippen LogP contribution in [0.25, 0.3) is 5.69 Å². The molecule has 1 aliphatic rings. The molecule has 0 aliphatic carbocycles. The van der Waals surface area contributed by atoms with E-state index in [1.807, 2.05) is 34.0 Å². The van der Waals surface area contributed by atoms with E-state index >= 15 is 0 Å². The van der Waals surface area contributed by atoms with Gasteiger partial charge in [0.05, 0.1) is 23.8 Å². The summed E-state index contributed by atoms with van der Waals surface area (Å²) in [6, 6.07) is 10.2. The van der Waals surface area contributed by atoms with Gasteiger partial charge in [-0.15, -0.1) is 0 Å². The van der Waals surface area contributed by atoms with Crippen molar-refractivity contribution < 1.29 is 4.79 Å². The number of H-pyrrole nitrogens is 1. The molecule has 3 heterocycles. The molecule has 1 aliphatic heterocycles. The van der Waals surface area contributed by atoms with Gasteiger partial charge in [0, 0.05) is 30.8 Å². The van der Waals surface area contributed by atoms with Crippen LogP contribution in [0.3, 0.4) is 0 Å². The highest BCUT2D eigenvalue weighted by Crippen LogP contribution is 2.31. The standard InChI is InChI=1S/C21H26N6O/c1-21(2)11-19-16(12-23-27(19)18-8-4-3-5-9-18)14-26(15-21)20(28)10-6-7-17-13-22-25-24-17/h3-5,8-9,12-13H,6-7,10-11,14-15H2,1-2H3,(H,22,24,25). The van der Waals surface area contributed by atoms with E-state index in [1.54, 1.807) is 6.20 Å². The monoisotopic (exact) mass is 378 g/mol. The van der Waals surface area contributed by atoms with Crippen LogP contribution in [0.15, 0.2) is 42.7 Å². The van der Waals surface area contributed by atoms with Crippen molar-refractivity contribution in [1.29, 1.82) is 0 Å². The van der Waals surface area contributed by atoms with E-state index in [0.717, 1.165) is 42.8 Å². The van der Waals surface area contributed by atoms with Crippen molar-refractivity contribution in [2.45, 2.75) is 46.1 Å². The van der Waals surface area contributed by atoms with Crippen LogP contribution in [0.2, 0.25) is 0 Å². The van der Waals surface area contributed by atoms with Crippen LogP contribution in [0.1, 0.15) is 43.6 Å². The fraction of sp³-hybridized carbons (Fsp3) is 0.429. The van der Waals surface area contributed by atoms with Gasteiger partial charge in [0.1, 0.15) is 0 Å². The summed E-state index contributed by atoms with van der Waals surface area (Å²) >= 11 is 0. The van der Waals surface area contributed by atoms with E-state index in [-0.39, 0.29) is 11.3 Å². The van der Waals surface area contributed by atoms with Gasteiger partial charge in [-0.25, -0.2) is 4.68 Å². The summed E-state index contributed by atoms with van der Waals surface area (Å²) in [5.41, 5.74) is 4.29. The molecule has 0 radical (unpaired) electrons. The molecule has 0 saturated carbocycles. The third-order valence-corrected chi connectivity index (χ3v) is 5.22. The number of amides is 1. The van der Waals surface area contributed by atoms with Crippen molar-refractivity contribution in [2.75, 3.05) is 6.54 Å². The molecule has 0 fully saturated rings. The molecule has 1 aromatic carbocycles. The number of nitrogens with one attached hydrogen (secondary N) is 1. The first-order chi connectivity index (χ1) is 13.5. The fourth-order valence-corrected chi connectivity index (χ4v) is 3.91. The maximum absolute atomic E-state index is 12.9. The second-order valence-corrected chi connectivity index (χ2v) is 8.27. The zero-order valence-corrected chi connectivity index (χ0v) is 16.4. The molecule has 28 heavy (non-hydrogen) atoms. The van der Waals surface area contributed by atoms with Crippen molar-refractivity contribution in [3.05, 3.63) is 59.7 Å². The third-order valence-electron chi connectivity index (χ3n) is 5.22. The highest BCUT2D eigenvalue weighted by Gasteiger charge is 2.32. The largest absolute Gasteiger partial charge is 0.338 e. The number of aromatic amines is 1. The van der Waals surface area contributed by atoms with Gasteiger partial charge in [-0.3, -0.25) is 4.79 Å². The van der Waals surface area contributed by atoms with E-state index in [0.29, 0.717) is 13.0 Å². The minimum Gasteiger partial charge on any atom is -0.338 e. The number of benzene rings is 1. The number of carbonyl (C=O) groups excluding carboxylic acids is 1. The van der Waals surface area contributed by atoms with Gasteiger partial charge in [0.15, 0.2) is 0 Å². The van der Waals surface area contributed by atoms with Crippen LogP contribution in [0.4, 0.5) is 0 Å². The van der Waals surface area contributed by atoms with Crippen LogP contribution in [0, 0.1) is 5.41 Å². The molecule has 0 spiro atoms. The van der Waals surface area contributed by atoms with E-state index in [4.69, 9.17) is 0 Å². The van der Waals surface area contributed by atoms with Gasteiger partial charge in [-0.1, -0.05) is 32.0 Å². The van der Waals surface area contributed by atoms with Gasteiger partial charge >= 0.3 is 0 Å². The molecule has 0 unspecified atom stereocenters. The first kappa shape index (κ1) is 18.4. The van der Waals surface area contributed by atoms with E-state index in [2.05, 4.69) is 46.5 Å². The van der Waals surface area contributed by atoms with Gasteiger partial charge in [0.25, 0.3) is 0 Å². The van der Waals surface area contributed by atoms with E-state index in [1.165, 1.54) is 5.69 Å².